The summed E-state index contributed by atoms with van der Waals surface area (Å²) < 4.78 is 13.4. The van der Waals surface area contributed by atoms with E-state index in [0.29, 0.717) is 6.04 Å². The maximum absolute atomic E-state index is 8.61. The molecular weight excluding hydrogens is 677 g/mol. The van der Waals surface area contributed by atoms with Gasteiger partial charge in [0.05, 0.1) is 23.4 Å². The summed E-state index contributed by atoms with van der Waals surface area (Å²) in [6.07, 6.45) is 0. The first-order valence-corrected chi connectivity index (χ1v) is 19.3. The van der Waals surface area contributed by atoms with Crippen molar-refractivity contribution in [3.05, 3.63) is 206 Å². The van der Waals surface area contributed by atoms with Crippen LogP contribution in [0.15, 0.2) is 206 Å². The Kier molecular flexibility index (Phi) is 6.45. The van der Waals surface area contributed by atoms with Gasteiger partial charge < -0.3 is 9.13 Å². The van der Waals surface area contributed by atoms with Crippen molar-refractivity contribution in [3.63, 3.8) is 0 Å². The summed E-state index contributed by atoms with van der Waals surface area (Å²) >= 11 is 0. The van der Waals surface area contributed by atoms with Gasteiger partial charge in [-0.3, -0.25) is 0 Å². The predicted octanol–water partition coefficient (Wildman–Crippen LogP) is 14.7. The van der Waals surface area contributed by atoms with Crippen LogP contribution in [0, 0.1) is 0 Å². The molecule has 56 heavy (non-hydrogen) atoms. The molecule has 0 N–H and O–H groups in total. The van der Waals surface area contributed by atoms with Gasteiger partial charge in [0, 0.05) is 32.9 Å². The molecule has 12 rings (SSSR count). The highest BCUT2D eigenvalue weighted by Gasteiger charge is 2.19. The fraction of sp³-hybridized carbons (Fsp3) is 0. The molecule has 2 heterocycles. The molecule has 0 fully saturated rings. The molecule has 0 saturated carbocycles. The lowest BCUT2D eigenvalue weighted by molar-refractivity contribution is 1.18. The van der Waals surface area contributed by atoms with Crippen LogP contribution < -0.4 is 0 Å². The maximum atomic E-state index is 8.61. The van der Waals surface area contributed by atoms with Gasteiger partial charge in [0.2, 0.25) is 0 Å². The smallest absolute Gasteiger partial charge is 0.0623 e. The molecular formula is C54H34N2. The first-order chi connectivity index (χ1) is 28.2. The highest BCUT2D eigenvalue weighted by molar-refractivity contribution is 6.26. The van der Waals surface area contributed by atoms with Crippen LogP contribution in [0.1, 0.15) is 1.37 Å². The zero-order chi connectivity index (χ0) is 37.6. The van der Waals surface area contributed by atoms with E-state index in [1.165, 1.54) is 70.8 Å². The Morgan fingerprint density at radius 2 is 0.821 bits per heavy atom. The summed E-state index contributed by atoms with van der Waals surface area (Å²) in [7, 11) is 0. The second-order valence-electron chi connectivity index (χ2n) is 14.8. The van der Waals surface area contributed by atoms with Gasteiger partial charge >= 0.3 is 0 Å². The lowest BCUT2D eigenvalue weighted by Crippen LogP contribution is -1.94. The summed E-state index contributed by atoms with van der Waals surface area (Å²) in [5.74, 6) is 0. The molecule has 0 amide bonds. The largest absolute Gasteiger partial charge is 0.309 e. The fourth-order valence-electron chi connectivity index (χ4n) is 9.36. The third-order valence-electron chi connectivity index (χ3n) is 11.8. The van der Waals surface area contributed by atoms with Crippen LogP contribution in [0.2, 0.25) is 0 Å². The maximum Gasteiger partial charge on any atom is 0.0623 e. The molecule has 260 valence electrons. The Balaban J connectivity index is 1.06. The quantitative estimate of drug-likeness (QED) is 0.161. The van der Waals surface area contributed by atoms with E-state index >= 15 is 0 Å². The van der Waals surface area contributed by atoms with Gasteiger partial charge in [0.15, 0.2) is 0 Å². The average Bonchev–Trinajstić information content (AvgIpc) is 3.79. The summed E-state index contributed by atoms with van der Waals surface area (Å²) in [4.78, 5) is 0. The van der Waals surface area contributed by atoms with E-state index in [0.717, 1.165) is 38.7 Å². The van der Waals surface area contributed by atoms with E-state index in [1.54, 1.807) is 0 Å². The predicted molar refractivity (Wildman–Crippen MR) is 239 cm³/mol. The molecule has 0 aliphatic rings. The second kappa shape index (κ2) is 12.0. The molecule has 0 bridgehead atoms. The molecule has 2 aromatic heterocycles. The number of para-hydroxylation sites is 2. The van der Waals surface area contributed by atoms with Crippen molar-refractivity contribution in [2.24, 2.45) is 0 Å². The monoisotopic (exact) mass is 711 g/mol. The minimum atomic E-state index is 0.507. The minimum Gasteiger partial charge on any atom is -0.309 e. The average molecular weight is 712 g/mol. The Morgan fingerprint density at radius 3 is 1.59 bits per heavy atom. The van der Waals surface area contributed by atoms with E-state index in [4.69, 9.17) is 1.37 Å². The fourth-order valence-corrected chi connectivity index (χ4v) is 9.36. The van der Waals surface area contributed by atoms with Gasteiger partial charge in [0.1, 0.15) is 0 Å². The van der Waals surface area contributed by atoms with Crippen LogP contribution in [0.25, 0.3) is 110 Å². The van der Waals surface area contributed by atoms with E-state index in [1.807, 2.05) is 12.1 Å². The second-order valence-corrected chi connectivity index (χ2v) is 14.8. The van der Waals surface area contributed by atoms with Crippen LogP contribution >= 0.6 is 0 Å². The lowest BCUT2D eigenvalue weighted by Gasteiger charge is -2.14. The number of aromatic nitrogens is 2. The molecule has 0 radical (unpaired) electrons. The van der Waals surface area contributed by atoms with E-state index in [2.05, 4.69) is 197 Å². The third-order valence-corrected chi connectivity index (χ3v) is 11.8. The van der Waals surface area contributed by atoms with Crippen molar-refractivity contribution >= 4 is 75.9 Å². The van der Waals surface area contributed by atoms with Crippen LogP contribution in [0.5, 0.6) is 0 Å². The summed E-state index contributed by atoms with van der Waals surface area (Å²) in [6.45, 7) is 0. The molecule has 0 saturated heterocycles. The zero-order valence-electron chi connectivity index (χ0n) is 31.4. The Labute approximate surface area is 325 Å². The standard InChI is InChI=1S/C54H34N2/c1-2-13-35(14-3-1)36-25-28-38(29-26-36)55-50-22-10-8-19-46(50)49-33-37(27-32-52(49)55)40-21-12-24-53-54(40)47-20-9-11-23-51(47)56(53)39-30-31-45-43-17-5-4-15-41(43)42-16-6-7-18-44(42)48(45)34-39/h1-34H/i8D. The molecule has 0 unspecified atom stereocenters. The highest BCUT2D eigenvalue weighted by atomic mass is 15.0. The minimum absolute atomic E-state index is 0.507. The number of rotatable bonds is 4. The van der Waals surface area contributed by atoms with Gasteiger partial charge in [-0.1, -0.05) is 152 Å². The van der Waals surface area contributed by atoms with Crippen LogP contribution in [-0.4, -0.2) is 9.13 Å². The first kappa shape index (κ1) is 30.0. The molecule has 10 aromatic carbocycles. The third kappa shape index (κ3) is 4.50. The highest BCUT2D eigenvalue weighted by Crippen LogP contribution is 2.42. The van der Waals surface area contributed by atoms with Crippen LogP contribution in [-0.2, 0) is 0 Å². The Bertz CT molecular complexity index is 3540. The van der Waals surface area contributed by atoms with E-state index in [9.17, 15) is 0 Å². The topological polar surface area (TPSA) is 9.86 Å². The molecule has 0 aliphatic carbocycles. The number of fused-ring (bicyclic) bond motifs is 12. The lowest BCUT2D eigenvalue weighted by atomic mass is 9.94. The molecule has 12 aromatic rings. The van der Waals surface area contributed by atoms with E-state index in [-0.39, 0.29) is 0 Å². The number of nitrogens with zero attached hydrogens (tertiary/aromatic N) is 2. The molecule has 0 spiro atoms. The molecule has 0 atom stereocenters. The zero-order valence-corrected chi connectivity index (χ0v) is 30.4. The SMILES string of the molecule is [2H]c1ccc2c(c1)c1cc(-c3cccc4c3c3ccccc3n4-c3ccc4c5ccccc5c5ccccc5c4c3)ccc1n2-c1ccc(-c2ccccc2)cc1. The Hall–Kier alpha value is -7.42. The van der Waals surface area contributed by atoms with E-state index < -0.39 is 0 Å². The van der Waals surface area contributed by atoms with Gasteiger partial charge in [-0.05, 0) is 109 Å². The van der Waals surface area contributed by atoms with Gasteiger partial charge in [-0.2, -0.15) is 0 Å². The van der Waals surface area contributed by atoms with Crippen LogP contribution in [0.3, 0.4) is 0 Å². The van der Waals surface area contributed by atoms with Crippen LogP contribution in [0.4, 0.5) is 0 Å². The normalized spacial score (nSPS) is 12.2. The molecule has 2 heteroatoms. The van der Waals surface area contributed by atoms with Crippen molar-refractivity contribution in [1.29, 1.82) is 0 Å². The summed E-state index contributed by atoms with van der Waals surface area (Å²) in [5.41, 5.74) is 11.5. The van der Waals surface area contributed by atoms with Gasteiger partial charge in [-0.25, -0.2) is 0 Å². The number of hydrogen-bond acceptors (Lipinski definition) is 0. The van der Waals surface area contributed by atoms with Crippen molar-refractivity contribution < 1.29 is 1.37 Å². The number of hydrogen-bond donors (Lipinski definition) is 0. The first-order valence-electron chi connectivity index (χ1n) is 19.8. The van der Waals surface area contributed by atoms with Gasteiger partial charge in [-0.15, -0.1) is 0 Å². The Morgan fingerprint density at radius 1 is 0.286 bits per heavy atom. The summed E-state index contributed by atoms with van der Waals surface area (Å²) in [6, 6.07) is 72.8. The molecule has 2 nitrogen and oxygen atoms in total. The van der Waals surface area contributed by atoms with Crippen molar-refractivity contribution in [1.82, 2.24) is 9.13 Å². The summed E-state index contributed by atoms with van der Waals surface area (Å²) in [5, 5.41) is 12.3. The van der Waals surface area contributed by atoms with Crippen molar-refractivity contribution in [2.75, 3.05) is 0 Å². The van der Waals surface area contributed by atoms with Gasteiger partial charge in [0.25, 0.3) is 0 Å². The molecule has 0 aliphatic heterocycles. The number of benzene rings is 10. The van der Waals surface area contributed by atoms with Crippen molar-refractivity contribution in [3.8, 4) is 33.6 Å². The van der Waals surface area contributed by atoms with Crippen molar-refractivity contribution in [2.45, 2.75) is 0 Å².